The second kappa shape index (κ2) is 44.2. The molecule has 0 radical (unpaired) electrons. The van der Waals surface area contributed by atoms with E-state index < -0.39 is 177 Å². The van der Waals surface area contributed by atoms with Crippen LogP contribution < -0.4 is 0 Å². The molecular formula is C98H99N5O25. The Hall–Kier alpha value is -11.9. The first-order valence-electron chi connectivity index (χ1n) is 42.3. The zero-order valence-electron chi connectivity index (χ0n) is 70.6. The Bertz CT molecular complexity index is 5180. The van der Waals surface area contributed by atoms with Crippen molar-refractivity contribution in [3.05, 3.63) is 345 Å². The van der Waals surface area contributed by atoms with Crippen LogP contribution in [0, 0.1) is 0 Å². The van der Waals surface area contributed by atoms with Crippen molar-refractivity contribution in [1.82, 2.24) is 9.80 Å². The molecule has 0 spiro atoms. The lowest BCUT2D eigenvalue weighted by Crippen LogP contribution is -2.71. The zero-order valence-corrected chi connectivity index (χ0v) is 70.6. The highest BCUT2D eigenvalue weighted by atomic mass is 16.8. The summed E-state index contributed by atoms with van der Waals surface area (Å²) in [6, 6.07) is 73.4. The van der Waals surface area contributed by atoms with Crippen molar-refractivity contribution >= 4 is 41.5 Å². The third kappa shape index (κ3) is 22.3. The van der Waals surface area contributed by atoms with Gasteiger partial charge < -0.3 is 85.3 Å². The first kappa shape index (κ1) is 90.9. The number of azide groups is 1. The summed E-state index contributed by atoms with van der Waals surface area (Å²) in [7, 11) is 0. The van der Waals surface area contributed by atoms with Crippen LogP contribution in [0.3, 0.4) is 0 Å². The van der Waals surface area contributed by atoms with Crippen LogP contribution in [0.5, 0.6) is 0 Å². The van der Waals surface area contributed by atoms with Gasteiger partial charge in [-0.25, -0.2) is 0 Å². The van der Waals surface area contributed by atoms with E-state index in [1.165, 1.54) is 37.3 Å². The Balaban J connectivity index is 0.864. The fourth-order valence-electron chi connectivity index (χ4n) is 16.7. The van der Waals surface area contributed by atoms with Gasteiger partial charge in [-0.2, -0.15) is 0 Å². The average molecular weight is 1750 g/mol. The molecular weight excluding hydrogens is 1650 g/mol. The van der Waals surface area contributed by atoms with Gasteiger partial charge in [0.15, 0.2) is 43.4 Å². The Morgan fingerprint density at radius 1 is 0.336 bits per heavy atom. The lowest BCUT2D eigenvalue weighted by atomic mass is 9.92. The number of rotatable bonds is 40. The van der Waals surface area contributed by atoms with Gasteiger partial charge in [0.25, 0.3) is 23.6 Å². The molecule has 4 amide bonds. The molecule has 30 nitrogen and oxygen atoms in total. The van der Waals surface area contributed by atoms with Crippen molar-refractivity contribution in [2.75, 3.05) is 33.0 Å². The number of carbonyl (C=O) groups excluding carboxylic acids is 7. The summed E-state index contributed by atoms with van der Waals surface area (Å²) in [6.07, 6.45) is -26.7. The molecule has 4 fully saturated rings. The van der Waals surface area contributed by atoms with Crippen molar-refractivity contribution in [1.29, 1.82) is 0 Å². The van der Waals surface area contributed by atoms with E-state index in [0.717, 1.165) is 45.9 Å². The number of nitrogens with zero attached hydrogens (tertiary/aromatic N) is 5. The van der Waals surface area contributed by atoms with E-state index in [2.05, 4.69) is 16.6 Å². The van der Waals surface area contributed by atoms with Gasteiger partial charge in [0.05, 0.1) is 102 Å². The SMILES string of the molecule is C=CCO[C@@H]1[C@H](OC(C)=O)[C@H](O[C@H]2[C@H](OCc3ccccc3)[C@@H](N3C(=O)c4ccccc4C3=O)[C@H](O[C@H]3[C@H](OCc4ccccc4)[C@@H](N4C(=O)c5ccccc5C4=O)[C@H](N=[N+]=[N-])O[C@@H]3COCc3ccccc3)O[C@@H]2COCc2ccccc2)O[C@H](CO[C@H]2O[C@H](COCc3ccccc3)[C@@H](OCc3ccccc3)[C@H](OCc3ccccc3)[C@@H]2OC(C)=O)[C@H]1OC(C)=O. The van der Waals surface area contributed by atoms with Crippen LogP contribution in [-0.2, 0) is 146 Å². The van der Waals surface area contributed by atoms with Gasteiger partial charge in [-0.15, -0.1) is 6.58 Å². The summed E-state index contributed by atoms with van der Waals surface area (Å²) < 4.78 is 124. The summed E-state index contributed by atoms with van der Waals surface area (Å²) in [5, 5.41) is 4.15. The van der Waals surface area contributed by atoms with Crippen molar-refractivity contribution in [2.45, 2.75) is 190 Å². The van der Waals surface area contributed by atoms with Crippen molar-refractivity contribution in [2.24, 2.45) is 5.11 Å². The molecule has 9 aromatic carbocycles. The lowest BCUT2D eigenvalue weighted by molar-refractivity contribution is -0.374. The molecule has 0 aliphatic carbocycles. The third-order valence-corrected chi connectivity index (χ3v) is 22.5. The molecule has 6 aliphatic heterocycles. The first-order valence-corrected chi connectivity index (χ1v) is 42.3. The van der Waals surface area contributed by atoms with Crippen LogP contribution in [0.2, 0.25) is 0 Å². The number of fused-ring (bicyclic) bond motifs is 2. The molecule has 6 heterocycles. The fourth-order valence-corrected chi connectivity index (χ4v) is 16.7. The van der Waals surface area contributed by atoms with E-state index in [1.807, 2.05) is 158 Å². The minimum Gasteiger partial charge on any atom is -0.457 e. The third-order valence-electron chi connectivity index (χ3n) is 22.5. The van der Waals surface area contributed by atoms with E-state index in [1.54, 1.807) is 78.9 Å². The second-order valence-electron chi connectivity index (χ2n) is 31.3. The summed E-state index contributed by atoms with van der Waals surface area (Å²) in [5.74, 6) is -5.77. The van der Waals surface area contributed by atoms with E-state index in [-0.39, 0.29) is 88.3 Å². The highest BCUT2D eigenvalue weighted by Gasteiger charge is 2.63. The van der Waals surface area contributed by atoms with Crippen LogP contribution in [0.15, 0.2) is 279 Å². The van der Waals surface area contributed by atoms with Gasteiger partial charge in [-0.3, -0.25) is 43.4 Å². The van der Waals surface area contributed by atoms with Crippen molar-refractivity contribution in [3.8, 4) is 0 Å². The number of ether oxygens (including phenoxy) is 18. The van der Waals surface area contributed by atoms with Crippen LogP contribution >= 0.6 is 0 Å². The first-order chi connectivity index (χ1) is 62.6. The van der Waals surface area contributed by atoms with Crippen molar-refractivity contribution in [3.63, 3.8) is 0 Å². The zero-order chi connectivity index (χ0) is 88.8. The molecule has 0 aromatic heterocycles. The Kier molecular flexibility index (Phi) is 31.4. The number of esters is 3. The molecule has 0 N–H and O–H groups in total. The van der Waals surface area contributed by atoms with E-state index in [9.17, 15) is 19.9 Å². The van der Waals surface area contributed by atoms with Gasteiger partial charge in [0, 0.05) is 25.7 Å². The fraction of sp³-hybridized carbons (Fsp3) is 0.357. The molecule has 128 heavy (non-hydrogen) atoms. The Labute approximate surface area is 739 Å². The standard InChI is InChI=1S/C98H99N5O25/c1-5-49-114-88-84(120-61(2)104)78(60-119-97-89(121-62(3)105)87(118-56-70-43-25-12-26-44-70)81(115-53-67-37-19-9-20-38-67)75(125-97)57-111-50-64-31-13-6-14-32-64)126-98(90(88)122-63(4)106)128-83-77(59-113-52-66-35-17-8-18-36-66)124-96(80(86(83)117-55-69-41-23-11-24-42-69)103-94(109)73-47-29-30-48-74(73)95(103)110)127-82-76(58-112-51-65-33-15-7-16-34-65)123-91(100-101-99)79(85(82)116-54-68-39-21-10-22-40-68)102-92(107)71-45-27-28-46-72(71)93(102)108/h5-48,75-91,96-98H,1,49-60H2,2-4H3/t75-,76-,77-,78-,79-,80-,81-,82-,83-,84-,85-,86-,87+,88+,89+,90+,91-,96+,97+,98+/m1/s1. The molecule has 15 rings (SSSR count). The summed E-state index contributed by atoms with van der Waals surface area (Å²) >= 11 is 0. The number of amides is 4. The summed E-state index contributed by atoms with van der Waals surface area (Å²) in [6.45, 7) is 5.10. The summed E-state index contributed by atoms with van der Waals surface area (Å²) in [5.41, 5.74) is 15.7. The van der Waals surface area contributed by atoms with Crippen LogP contribution in [0.4, 0.5) is 0 Å². The highest BCUT2D eigenvalue weighted by molar-refractivity contribution is 6.22. The largest absolute Gasteiger partial charge is 0.457 e. The predicted octanol–water partition coefficient (Wildman–Crippen LogP) is 12.7. The molecule has 0 saturated carbocycles. The summed E-state index contributed by atoms with van der Waals surface area (Å²) in [4.78, 5) is 109. The minimum absolute atomic E-state index is 0.0137. The molecule has 9 aromatic rings. The average Bonchev–Trinajstić information content (AvgIpc) is 1.51. The van der Waals surface area contributed by atoms with Crippen LogP contribution in [0.25, 0.3) is 10.4 Å². The Morgan fingerprint density at radius 2 is 0.633 bits per heavy atom. The number of benzene rings is 9. The topological polar surface area (TPSA) is 341 Å². The maximum Gasteiger partial charge on any atom is 0.303 e. The monoisotopic (exact) mass is 1750 g/mol. The van der Waals surface area contributed by atoms with Crippen LogP contribution in [0.1, 0.15) is 101 Å². The predicted molar refractivity (Wildman–Crippen MR) is 456 cm³/mol. The maximum atomic E-state index is 16.0. The maximum absolute atomic E-state index is 16.0. The molecule has 20 atom stereocenters. The smallest absolute Gasteiger partial charge is 0.303 e. The number of imide groups is 2. The molecule has 30 heteroatoms. The highest BCUT2D eigenvalue weighted by Crippen LogP contribution is 2.44. The van der Waals surface area contributed by atoms with E-state index in [4.69, 9.17) is 85.3 Å². The number of hydrogen-bond donors (Lipinski definition) is 0. The normalized spacial score (nSPS) is 26.7. The molecule has 666 valence electrons. The quantitative estimate of drug-likeness (QED) is 0.00655. The number of hydrogen-bond acceptors (Lipinski definition) is 26. The van der Waals surface area contributed by atoms with E-state index in [0.29, 0.717) is 16.7 Å². The molecule has 0 bridgehead atoms. The Morgan fingerprint density at radius 3 is 1.02 bits per heavy atom. The molecule has 6 aliphatic rings. The lowest BCUT2D eigenvalue weighted by Gasteiger charge is -2.53. The van der Waals surface area contributed by atoms with Crippen molar-refractivity contribution < 1.29 is 119 Å². The van der Waals surface area contributed by atoms with Gasteiger partial charge in [0.1, 0.15) is 79.2 Å². The van der Waals surface area contributed by atoms with Gasteiger partial charge in [0.2, 0.25) is 0 Å². The molecule has 0 unspecified atom stereocenters. The van der Waals surface area contributed by atoms with Gasteiger partial charge >= 0.3 is 17.9 Å². The molecule has 4 saturated heterocycles. The van der Waals surface area contributed by atoms with Gasteiger partial charge in [-0.1, -0.05) is 248 Å². The minimum atomic E-state index is -1.97. The van der Waals surface area contributed by atoms with Gasteiger partial charge in [-0.05, 0) is 68.7 Å². The second-order valence-corrected chi connectivity index (χ2v) is 31.3. The van der Waals surface area contributed by atoms with Crippen LogP contribution in [-0.4, -0.2) is 207 Å². The number of carbonyl (C=O) groups is 7. The van der Waals surface area contributed by atoms with E-state index >= 15 is 19.2 Å².